The molecule has 1 spiro atoms. The molecule has 3 aromatic carbocycles. The van der Waals surface area contributed by atoms with Crippen LogP contribution in [0.2, 0.25) is 5.02 Å². The van der Waals surface area contributed by atoms with Crippen LogP contribution in [0.3, 0.4) is 0 Å². The number of nitrogens with zero attached hydrogens (tertiary/aromatic N) is 1. The third kappa shape index (κ3) is 6.43. The van der Waals surface area contributed by atoms with Crippen LogP contribution in [-0.4, -0.2) is 36.8 Å². The van der Waals surface area contributed by atoms with E-state index in [9.17, 15) is 4.79 Å². The quantitative estimate of drug-likeness (QED) is 0.142. The molecule has 1 fully saturated rings. The molecule has 0 bridgehead atoms. The lowest BCUT2D eigenvalue weighted by Gasteiger charge is -2.48. The number of benzene rings is 3. The number of carbonyl (C=O) groups is 1. The SMILES string of the molecule is COC(=O)C1(Nc2cccc(Cl)c2)CCC2(CC1)c1ccccc1CC2CC(COc1ccccc1)COc1ccnc2ccsc12. The van der Waals surface area contributed by atoms with E-state index in [0.29, 0.717) is 37.0 Å². The van der Waals surface area contributed by atoms with Crippen LogP contribution in [-0.2, 0) is 21.4 Å². The number of fused-ring (bicyclic) bond motifs is 3. The van der Waals surface area contributed by atoms with E-state index in [2.05, 4.69) is 39.9 Å². The fourth-order valence-corrected chi connectivity index (χ4v) is 8.89. The largest absolute Gasteiger partial charge is 0.493 e. The van der Waals surface area contributed by atoms with Crippen LogP contribution in [0.5, 0.6) is 11.5 Å². The number of nitrogens with one attached hydrogen (secondary N) is 1. The molecule has 47 heavy (non-hydrogen) atoms. The highest BCUT2D eigenvalue weighted by Gasteiger charge is 2.54. The molecular weight excluding hydrogens is 628 g/mol. The number of esters is 1. The Bertz CT molecular complexity index is 1840. The second-order valence-corrected chi connectivity index (χ2v) is 14.3. The highest BCUT2D eigenvalue weighted by atomic mass is 35.5. The molecule has 5 aromatic rings. The first kappa shape index (κ1) is 31.5. The van der Waals surface area contributed by atoms with Gasteiger partial charge < -0.3 is 19.5 Å². The van der Waals surface area contributed by atoms with Gasteiger partial charge in [0.1, 0.15) is 17.0 Å². The summed E-state index contributed by atoms with van der Waals surface area (Å²) in [7, 11) is 1.48. The number of methoxy groups -OCH3 is 1. The van der Waals surface area contributed by atoms with Crippen molar-refractivity contribution in [3.8, 4) is 11.5 Å². The lowest BCUT2D eigenvalue weighted by atomic mass is 9.59. The lowest BCUT2D eigenvalue weighted by molar-refractivity contribution is -0.148. The standard InChI is InChI=1S/C39H39ClN2O4S/c1-44-37(43)39(42-31-10-7-9-30(40)24-31)18-16-38(17-19-39)29(23-28-8-5-6-13-33(28)38)22-27(25-45-32-11-3-2-4-12-32)26-46-35-14-20-41-34-15-21-47-36(34)35/h2-15,20-21,24,27,29,42H,16-19,22-23,25-26H2,1H3. The van der Waals surface area contributed by atoms with E-state index in [0.717, 1.165) is 53.1 Å². The first-order valence-electron chi connectivity index (χ1n) is 16.3. The van der Waals surface area contributed by atoms with Crippen molar-refractivity contribution in [2.75, 3.05) is 25.6 Å². The van der Waals surface area contributed by atoms with Gasteiger partial charge in [-0.3, -0.25) is 4.98 Å². The van der Waals surface area contributed by atoms with Crippen molar-refractivity contribution in [1.82, 2.24) is 4.98 Å². The molecule has 0 radical (unpaired) electrons. The van der Waals surface area contributed by atoms with Crippen LogP contribution >= 0.6 is 22.9 Å². The summed E-state index contributed by atoms with van der Waals surface area (Å²) in [6, 6.07) is 30.5. The van der Waals surface area contributed by atoms with E-state index >= 15 is 0 Å². The number of hydrogen-bond donors (Lipinski definition) is 1. The number of thiophene rings is 1. The Balaban J connectivity index is 1.16. The fourth-order valence-electron chi connectivity index (χ4n) is 7.88. The number of carbonyl (C=O) groups excluding carboxylic acids is 1. The molecule has 2 atom stereocenters. The Morgan fingerprint density at radius 1 is 0.957 bits per heavy atom. The van der Waals surface area contributed by atoms with Gasteiger partial charge in [0.25, 0.3) is 0 Å². The number of anilines is 1. The van der Waals surface area contributed by atoms with Gasteiger partial charge in [0.05, 0.1) is 30.5 Å². The number of pyridine rings is 1. The van der Waals surface area contributed by atoms with E-state index in [1.165, 1.54) is 18.2 Å². The number of rotatable bonds is 11. The summed E-state index contributed by atoms with van der Waals surface area (Å²) in [4.78, 5) is 17.9. The number of ether oxygens (including phenoxy) is 3. The van der Waals surface area contributed by atoms with Gasteiger partial charge in [-0.25, -0.2) is 4.79 Å². The number of para-hydroxylation sites is 1. The first-order valence-corrected chi connectivity index (χ1v) is 17.6. The molecule has 8 heteroatoms. The molecule has 2 unspecified atom stereocenters. The third-order valence-electron chi connectivity index (χ3n) is 10.2. The van der Waals surface area contributed by atoms with Gasteiger partial charge in [0.15, 0.2) is 0 Å². The minimum absolute atomic E-state index is 0.0627. The number of halogens is 1. The molecule has 0 amide bonds. The summed E-state index contributed by atoms with van der Waals surface area (Å²) in [5.41, 5.74) is 3.73. The van der Waals surface area contributed by atoms with Crippen LogP contribution in [0.15, 0.2) is 103 Å². The van der Waals surface area contributed by atoms with E-state index in [4.69, 9.17) is 25.8 Å². The highest BCUT2D eigenvalue weighted by Crippen LogP contribution is 2.56. The average molecular weight is 667 g/mol. The van der Waals surface area contributed by atoms with Gasteiger partial charge in [-0.05, 0) is 109 Å². The summed E-state index contributed by atoms with van der Waals surface area (Å²) in [6.45, 7) is 1.09. The average Bonchev–Trinajstić information content (AvgIpc) is 3.70. The molecule has 0 aliphatic heterocycles. The van der Waals surface area contributed by atoms with Crippen molar-refractivity contribution < 1.29 is 19.0 Å². The molecule has 2 heterocycles. The topological polar surface area (TPSA) is 69.7 Å². The minimum atomic E-state index is -0.820. The van der Waals surface area contributed by atoms with Crippen LogP contribution in [0.1, 0.15) is 43.2 Å². The summed E-state index contributed by atoms with van der Waals surface area (Å²) >= 11 is 7.97. The Morgan fingerprint density at radius 3 is 2.55 bits per heavy atom. The van der Waals surface area contributed by atoms with Crippen LogP contribution in [0, 0.1) is 11.8 Å². The predicted molar refractivity (Wildman–Crippen MR) is 189 cm³/mol. The van der Waals surface area contributed by atoms with Crippen LogP contribution < -0.4 is 14.8 Å². The van der Waals surface area contributed by atoms with Gasteiger partial charge in [-0.15, -0.1) is 11.3 Å². The summed E-state index contributed by atoms with van der Waals surface area (Å²) in [6.07, 6.45) is 6.80. The first-order chi connectivity index (χ1) is 23.0. The van der Waals surface area contributed by atoms with E-state index < -0.39 is 5.54 Å². The van der Waals surface area contributed by atoms with Crippen molar-refractivity contribution in [3.05, 3.63) is 119 Å². The van der Waals surface area contributed by atoms with Gasteiger partial charge in [-0.1, -0.05) is 60.1 Å². The van der Waals surface area contributed by atoms with E-state index in [-0.39, 0.29) is 17.3 Å². The molecule has 242 valence electrons. The van der Waals surface area contributed by atoms with Crippen LogP contribution in [0.25, 0.3) is 10.2 Å². The molecule has 1 saturated carbocycles. The summed E-state index contributed by atoms with van der Waals surface area (Å²) in [5, 5.41) is 6.24. The van der Waals surface area contributed by atoms with Crippen molar-refractivity contribution in [3.63, 3.8) is 0 Å². The highest BCUT2D eigenvalue weighted by molar-refractivity contribution is 7.17. The molecular formula is C39H39ClN2O4S. The van der Waals surface area contributed by atoms with Crippen LogP contribution in [0.4, 0.5) is 5.69 Å². The zero-order chi connectivity index (χ0) is 32.3. The van der Waals surface area contributed by atoms with Crippen molar-refractivity contribution in [2.24, 2.45) is 11.8 Å². The van der Waals surface area contributed by atoms with Crippen molar-refractivity contribution in [1.29, 1.82) is 0 Å². The fraction of sp³-hybridized carbons (Fsp3) is 0.333. The molecule has 6 nitrogen and oxygen atoms in total. The van der Waals surface area contributed by atoms with Crippen molar-refractivity contribution in [2.45, 2.75) is 49.5 Å². The maximum atomic E-state index is 13.4. The normalized spacial score (nSPS) is 22.5. The molecule has 2 aliphatic carbocycles. The maximum absolute atomic E-state index is 13.4. The Hall–Kier alpha value is -4.07. The smallest absolute Gasteiger partial charge is 0.331 e. The summed E-state index contributed by atoms with van der Waals surface area (Å²) < 4.78 is 19.4. The lowest BCUT2D eigenvalue weighted by Crippen LogP contribution is -2.53. The predicted octanol–water partition coefficient (Wildman–Crippen LogP) is 9.12. The Kier molecular flexibility index (Phi) is 9.11. The molecule has 2 aliphatic rings. The number of hydrogen-bond acceptors (Lipinski definition) is 7. The van der Waals surface area contributed by atoms with Crippen molar-refractivity contribution >= 4 is 44.8 Å². The third-order valence-corrected chi connectivity index (χ3v) is 11.4. The van der Waals surface area contributed by atoms with Gasteiger partial charge in [0.2, 0.25) is 0 Å². The van der Waals surface area contributed by atoms with Gasteiger partial charge in [0, 0.05) is 22.8 Å². The maximum Gasteiger partial charge on any atom is 0.331 e. The Morgan fingerprint density at radius 2 is 1.74 bits per heavy atom. The molecule has 0 saturated heterocycles. The van der Waals surface area contributed by atoms with Gasteiger partial charge >= 0.3 is 5.97 Å². The summed E-state index contributed by atoms with van der Waals surface area (Å²) in [5.74, 6) is 2.01. The minimum Gasteiger partial charge on any atom is -0.493 e. The molecule has 2 aromatic heterocycles. The molecule has 7 rings (SSSR count). The second kappa shape index (κ2) is 13.6. The monoisotopic (exact) mass is 666 g/mol. The zero-order valence-corrected chi connectivity index (χ0v) is 28.1. The number of aromatic nitrogens is 1. The van der Waals surface area contributed by atoms with E-state index in [1.54, 1.807) is 11.3 Å². The van der Waals surface area contributed by atoms with Gasteiger partial charge in [-0.2, -0.15) is 0 Å². The second-order valence-electron chi connectivity index (χ2n) is 12.9. The molecule has 1 N–H and O–H groups in total. The van der Waals surface area contributed by atoms with E-state index in [1.807, 2.05) is 72.9 Å². The zero-order valence-electron chi connectivity index (χ0n) is 26.5. The Labute approximate surface area is 285 Å².